The van der Waals surface area contributed by atoms with Crippen molar-refractivity contribution in [1.82, 2.24) is 0 Å². The van der Waals surface area contributed by atoms with Gasteiger partial charge in [-0.3, -0.25) is 0 Å². The van der Waals surface area contributed by atoms with E-state index in [9.17, 15) is 0 Å². The van der Waals surface area contributed by atoms with Crippen LogP contribution in [-0.2, 0) is 10.8 Å². The summed E-state index contributed by atoms with van der Waals surface area (Å²) in [6.07, 6.45) is 0. The van der Waals surface area contributed by atoms with Gasteiger partial charge in [0.2, 0.25) is 0 Å². The predicted molar refractivity (Wildman–Crippen MR) is 291 cm³/mol. The Morgan fingerprint density at radius 1 is 0.290 bits per heavy atom. The SMILES string of the molecule is CC1(C)c2cc(-c3c4ccccc4c(-c4ccccc4)c4ccccc34)ccc2-c2c1c1c(c3c2oc2ccccc23)-c2ccc(-c3cc(-c4ccccc4)cc(-c4ccccc4)c3)cc2C1(C)C. The van der Waals surface area contributed by atoms with Crippen LogP contribution in [0.3, 0.4) is 0 Å². The lowest BCUT2D eigenvalue weighted by Gasteiger charge is -2.31. The highest BCUT2D eigenvalue weighted by Gasteiger charge is 2.48. The molecular formula is C68H48O. The van der Waals surface area contributed by atoms with Gasteiger partial charge in [0.25, 0.3) is 0 Å². The first kappa shape index (κ1) is 39.9. The second-order valence-electron chi connectivity index (χ2n) is 20.3. The Hall–Kier alpha value is -8.26. The lowest BCUT2D eigenvalue weighted by Crippen LogP contribution is -2.24. The van der Waals surface area contributed by atoms with E-state index in [1.807, 2.05) is 0 Å². The summed E-state index contributed by atoms with van der Waals surface area (Å²) in [5.74, 6) is 0. The Balaban J connectivity index is 0.990. The average Bonchev–Trinajstić information content (AvgIpc) is 3.97. The van der Waals surface area contributed by atoms with Crippen molar-refractivity contribution in [3.8, 4) is 77.9 Å². The molecule has 0 amide bonds. The van der Waals surface area contributed by atoms with Gasteiger partial charge >= 0.3 is 0 Å². The van der Waals surface area contributed by atoms with E-state index in [-0.39, 0.29) is 10.8 Å². The molecule has 69 heavy (non-hydrogen) atoms. The van der Waals surface area contributed by atoms with Crippen LogP contribution in [0.1, 0.15) is 49.9 Å². The molecule has 0 aliphatic heterocycles. The van der Waals surface area contributed by atoms with Gasteiger partial charge in [0, 0.05) is 27.2 Å². The molecule has 0 bridgehead atoms. The lowest BCUT2D eigenvalue weighted by molar-refractivity contribution is 0.600. The summed E-state index contributed by atoms with van der Waals surface area (Å²) < 4.78 is 7.14. The predicted octanol–water partition coefficient (Wildman–Crippen LogP) is 18.8. The number of fused-ring (bicyclic) bond motifs is 14. The molecule has 12 aromatic rings. The van der Waals surface area contributed by atoms with Crippen LogP contribution in [0.15, 0.2) is 223 Å². The van der Waals surface area contributed by atoms with E-state index in [2.05, 4.69) is 246 Å². The van der Waals surface area contributed by atoms with Crippen molar-refractivity contribution in [2.24, 2.45) is 0 Å². The Kier molecular flexibility index (Phi) is 8.45. The van der Waals surface area contributed by atoms with Gasteiger partial charge in [-0.1, -0.05) is 210 Å². The van der Waals surface area contributed by atoms with Crippen molar-refractivity contribution in [3.63, 3.8) is 0 Å². The molecule has 14 rings (SSSR count). The summed E-state index contributed by atoms with van der Waals surface area (Å²) in [6, 6.07) is 80.7. The second-order valence-corrected chi connectivity index (χ2v) is 20.3. The fraction of sp³-hybridized carbons (Fsp3) is 0.0882. The highest BCUT2D eigenvalue weighted by Crippen LogP contribution is 2.64. The fourth-order valence-corrected chi connectivity index (χ4v) is 12.6. The molecule has 1 heterocycles. The third kappa shape index (κ3) is 5.71. The monoisotopic (exact) mass is 880 g/mol. The van der Waals surface area contributed by atoms with Gasteiger partial charge in [0.05, 0.1) is 0 Å². The molecule has 1 heteroatoms. The topological polar surface area (TPSA) is 13.1 Å². The van der Waals surface area contributed by atoms with Gasteiger partial charge in [0.15, 0.2) is 0 Å². The maximum absolute atomic E-state index is 7.14. The van der Waals surface area contributed by atoms with E-state index in [1.54, 1.807) is 0 Å². The van der Waals surface area contributed by atoms with Crippen molar-refractivity contribution in [3.05, 3.63) is 241 Å². The highest BCUT2D eigenvalue weighted by molar-refractivity contribution is 6.23. The quantitative estimate of drug-likeness (QED) is 0.157. The van der Waals surface area contributed by atoms with E-state index in [4.69, 9.17) is 4.42 Å². The van der Waals surface area contributed by atoms with E-state index >= 15 is 0 Å². The average molecular weight is 881 g/mol. The molecule has 0 radical (unpaired) electrons. The molecule has 0 atom stereocenters. The number of furan rings is 1. The minimum atomic E-state index is -0.343. The first-order valence-electron chi connectivity index (χ1n) is 24.3. The van der Waals surface area contributed by atoms with Gasteiger partial charge in [-0.2, -0.15) is 0 Å². The zero-order valence-corrected chi connectivity index (χ0v) is 39.2. The standard InChI is InChI=1S/C68H48O/c1-67(2)56-39-44(48-37-46(41-20-8-5-9-21-41)36-47(38-48)42-22-10-6-11-23-42)32-34-53(56)61-62-55-30-18-19-31-58(55)69-66(62)63-54-35-33-45(40-57(54)68(3,4)65(63)64(61)67)60-51-28-16-14-26-49(51)59(43-24-12-7-13-25-43)50-27-15-17-29-52(50)60/h5-40H,1-4H3. The van der Waals surface area contributed by atoms with Crippen LogP contribution in [-0.4, -0.2) is 0 Å². The van der Waals surface area contributed by atoms with E-state index < -0.39 is 0 Å². The molecule has 11 aromatic carbocycles. The number of benzene rings is 11. The molecule has 0 saturated heterocycles. The molecule has 2 aliphatic rings. The summed E-state index contributed by atoms with van der Waals surface area (Å²) in [6.45, 7) is 9.83. The van der Waals surface area contributed by atoms with Gasteiger partial charge in [0.1, 0.15) is 11.2 Å². The number of hydrogen-bond acceptors (Lipinski definition) is 1. The Labute approximate surface area is 403 Å². The van der Waals surface area contributed by atoms with Crippen LogP contribution in [0.5, 0.6) is 0 Å². The summed E-state index contributed by atoms with van der Waals surface area (Å²) in [4.78, 5) is 0. The number of hydrogen-bond donors (Lipinski definition) is 0. The van der Waals surface area contributed by atoms with Crippen molar-refractivity contribution in [2.75, 3.05) is 0 Å². The largest absolute Gasteiger partial charge is 0.455 e. The van der Waals surface area contributed by atoms with Crippen LogP contribution in [0, 0.1) is 0 Å². The van der Waals surface area contributed by atoms with Crippen LogP contribution in [0.4, 0.5) is 0 Å². The molecule has 2 aliphatic carbocycles. The number of para-hydroxylation sites is 1. The van der Waals surface area contributed by atoms with E-state index in [0.717, 1.165) is 11.2 Å². The summed E-state index contributed by atoms with van der Waals surface area (Å²) in [7, 11) is 0. The van der Waals surface area contributed by atoms with Crippen LogP contribution < -0.4 is 0 Å². The Morgan fingerprint density at radius 3 is 1.22 bits per heavy atom. The van der Waals surface area contributed by atoms with E-state index in [0.29, 0.717) is 0 Å². The lowest BCUT2D eigenvalue weighted by atomic mass is 9.71. The van der Waals surface area contributed by atoms with Gasteiger partial charge in [-0.15, -0.1) is 0 Å². The number of rotatable bonds is 5. The molecule has 1 aromatic heterocycles. The van der Waals surface area contributed by atoms with Gasteiger partial charge in [-0.05, 0) is 153 Å². The smallest absolute Gasteiger partial charge is 0.144 e. The third-order valence-electron chi connectivity index (χ3n) is 15.8. The van der Waals surface area contributed by atoms with Gasteiger partial charge in [-0.25, -0.2) is 0 Å². The summed E-state index contributed by atoms with van der Waals surface area (Å²) in [5.41, 5.74) is 24.2. The van der Waals surface area contributed by atoms with Crippen LogP contribution in [0.2, 0.25) is 0 Å². The zero-order valence-electron chi connectivity index (χ0n) is 39.2. The van der Waals surface area contributed by atoms with Crippen molar-refractivity contribution in [1.29, 1.82) is 0 Å². The molecule has 326 valence electrons. The molecule has 0 spiro atoms. The van der Waals surface area contributed by atoms with Crippen molar-refractivity contribution in [2.45, 2.75) is 38.5 Å². The van der Waals surface area contributed by atoms with Crippen LogP contribution in [0.25, 0.3) is 121 Å². The molecule has 0 N–H and O–H groups in total. The van der Waals surface area contributed by atoms with Crippen molar-refractivity contribution < 1.29 is 4.42 Å². The normalized spacial score (nSPS) is 14.0. The molecular weight excluding hydrogens is 833 g/mol. The Morgan fingerprint density at radius 2 is 0.681 bits per heavy atom. The molecule has 1 nitrogen and oxygen atoms in total. The first-order valence-corrected chi connectivity index (χ1v) is 24.3. The second kappa shape index (κ2) is 14.6. The van der Waals surface area contributed by atoms with Crippen LogP contribution >= 0.6 is 0 Å². The zero-order chi connectivity index (χ0) is 46.2. The Bertz CT molecular complexity index is 3980. The fourth-order valence-electron chi connectivity index (χ4n) is 12.6. The third-order valence-corrected chi connectivity index (χ3v) is 15.8. The van der Waals surface area contributed by atoms with Crippen molar-refractivity contribution >= 4 is 43.5 Å². The molecule has 0 fully saturated rings. The maximum atomic E-state index is 7.14. The molecule has 0 unspecified atom stereocenters. The minimum absolute atomic E-state index is 0.321. The maximum Gasteiger partial charge on any atom is 0.144 e. The first-order chi connectivity index (χ1) is 33.8. The molecule has 0 saturated carbocycles. The minimum Gasteiger partial charge on any atom is -0.455 e. The summed E-state index contributed by atoms with van der Waals surface area (Å²) >= 11 is 0. The van der Waals surface area contributed by atoms with Gasteiger partial charge < -0.3 is 4.42 Å². The van der Waals surface area contributed by atoms with E-state index in [1.165, 1.54) is 132 Å². The summed E-state index contributed by atoms with van der Waals surface area (Å²) in [5, 5.41) is 7.45. The highest BCUT2D eigenvalue weighted by atomic mass is 16.3.